The van der Waals surface area contributed by atoms with Gasteiger partial charge in [-0.15, -0.1) is 0 Å². The zero-order valence-electron chi connectivity index (χ0n) is 7.79. The number of carbonyl (C=O) groups is 1. The number of halogens is 2. The number of aryl methyl sites for hydroxylation is 1. The van der Waals surface area contributed by atoms with Gasteiger partial charge in [0.25, 0.3) is 0 Å². The molecule has 2 rings (SSSR count). The van der Waals surface area contributed by atoms with E-state index < -0.39 is 11.9 Å². The normalized spacial score (nSPS) is 10.9. The molecular weight excluding hydrogens is 265 g/mol. The van der Waals surface area contributed by atoms with Crippen molar-refractivity contribution in [3.8, 4) is 0 Å². The van der Waals surface area contributed by atoms with Gasteiger partial charge >= 0.3 is 6.09 Å². The van der Waals surface area contributed by atoms with E-state index in [0.717, 1.165) is 4.57 Å². The fourth-order valence-corrected chi connectivity index (χ4v) is 1.99. The predicted octanol–water partition coefficient (Wildman–Crippen LogP) is 3.38. The van der Waals surface area contributed by atoms with E-state index in [2.05, 4.69) is 15.9 Å². The van der Waals surface area contributed by atoms with Crippen LogP contribution in [0.5, 0.6) is 0 Å². The molecule has 0 aliphatic heterocycles. The van der Waals surface area contributed by atoms with Crippen LogP contribution in [0.2, 0.25) is 0 Å². The maximum absolute atomic E-state index is 13.3. The molecule has 0 atom stereocenters. The molecule has 1 aromatic heterocycles. The molecule has 1 aromatic carbocycles. The molecule has 0 bridgehead atoms. The van der Waals surface area contributed by atoms with E-state index in [-0.39, 0.29) is 0 Å². The van der Waals surface area contributed by atoms with Gasteiger partial charge in [0.1, 0.15) is 5.82 Å². The lowest BCUT2D eigenvalue weighted by atomic mass is 10.2. The molecule has 0 spiro atoms. The van der Waals surface area contributed by atoms with Crippen LogP contribution in [-0.4, -0.2) is 15.8 Å². The van der Waals surface area contributed by atoms with E-state index in [4.69, 9.17) is 5.11 Å². The molecule has 15 heavy (non-hydrogen) atoms. The number of hydrogen-bond acceptors (Lipinski definition) is 1. The molecule has 0 saturated carbocycles. The number of aromatic nitrogens is 1. The highest BCUT2D eigenvalue weighted by atomic mass is 79.9. The second-order valence-corrected chi connectivity index (χ2v) is 4.10. The summed E-state index contributed by atoms with van der Waals surface area (Å²) in [4.78, 5) is 10.8. The zero-order chi connectivity index (χ0) is 11.2. The summed E-state index contributed by atoms with van der Waals surface area (Å²) in [6, 6.07) is 2.84. The predicted molar refractivity (Wildman–Crippen MR) is 57.8 cm³/mol. The molecule has 0 aliphatic carbocycles. The van der Waals surface area contributed by atoms with Gasteiger partial charge in [-0.25, -0.2) is 9.18 Å². The van der Waals surface area contributed by atoms with Crippen LogP contribution in [0.1, 0.15) is 5.56 Å². The molecular formula is C10H7BrFNO2. The summed E-state index contributed by atoms with van der Waals surface area (Å²) in [5.41, 5.74) is 0.837. The summed E-state index contributed by atoms with van der Waals surface area (Å²) in [7, 11) is 0. The second-order valence-electron chi connectivity index (χ2n) is 3.25. The second kappa shape index (κ2) is 3.34. The van der Waals surface area contributed by atoms with Crippen LogP contribution in [0.4, 0.5) is 9.18 Å². The minimum absolute atomic E-state index is 0.345. The van der Waals surface area contributed by atoms with Crippen molar-refractivity contribution in [3.05, 3.63) is 34.2 Å². The third-order valence-corrected chi connectivity index (χ3v) is 2.87. The zero-order valence-corrected chi connectivity index (χ0v) is 9.38. The molecule has 0 amide bonds. The molecule has 0 fully saturated rings. The van der Waals surface area contributed by atoms with Crippen molar-refractivity contribution in [2.24, 2.45) is 0 Å². The number of nitrogens with zero attached hydrogens (tertiary/aromatic N) is 1. The van der Waals surface area contributed by atoms with Crippen molar-refractivity contribution in [2.45, 2.75) is 6.92 Å². The Bertz CT molecular complexity index is 562. The fraction of sp³-hybridized carbons (Fsp3) is 0.100. The first-order valence-corrected chi connectivity index (χ1v) is 5.00. The van der Waals surface area contributed by atoms with Crippen LogP contribution in [0, 0.1) is 12.7 Å². The van der Waals surface area contributed by atoms with E-state index in [1.54, 1.807) is 13.0 Å². The van der Waals surface area contributed by atoms with Crippen molar-refractivity contribution in [3.63, 3.8) is 0 Å². The Morgan fingerprint density at radius 1 is 1.53 bits per heavy atom. The van der Waals surface area contributed by atoms with Gasteiger partial charge in [0, 0.05) is 16.1 Å². The Hall–Kier alpha value is -1.36. The molecule has 5 heteroatoms. The third kappa shape index (κ3) is 1.52. The van der Waals surface area contributed by atoms with E-state index in [1.165, 1.54) is 12.3 Å². The molecule has 0 saturated heterocycles. The van der Waals surface area contributed by atoms with Crippen LogP contribution in [0.25, 0.3) is 10.9 Å². The van der Waals surface area contributed by atoms with Gasteiger partial charge in [0.15, 0.2) is 0 Å². The largest absolute Gasteiger partial charge is 0.464 e. The summed E-state index contributed by atoms with van der Waals surface area (Å²) in [6.07, 6.45) is 0.278. The van der Waals surface area contributed by atoms with Crippen LogP contribution in [0.15, 0.2) is 22.8 Å². The minimum atomic E-state index is -1.13. The highest BCUT2D eigenvalue weighted by molar-refractivity contribution is 9.10. The lowest BCUT2D eigenvalue weighted by molar-refractivity contribution is 0.197. The first-order chi connectivity index (χ1) is 7.00. The lowest BCUT2D eigenvalue weighted by Crippen LogP contribution is -2.05. The Morgan fingerprint density at radius 2 is 2.20 bits per heavy atom. The van der Waals surface area contributed by atoms with Gasteiger partial charge in [0.2, 0.25) is 0 Å². The van der Waals surface area contributed by atoms with Crippen LogP contribution >= 0.6 is 15.9 Å². The van der Waals surface area contributed by atoms with Crippen molar-refractivity contribution in [1.29, 1.82) is 0 Å². The van der Waals surface area contributed by atoms with Crippen molar-refractivity contribution >= 4 is 32.9 Å². The number of carboxylic acid groups (broad SMARTS) is 1. The third-order valence-electron chi connectivity index (χ3n) is 2.24. The number of fused-ring (bicyclic) bond motifs is 1. The number of benzene rings is 1. The topological polar surface area (TPSA) is 42.2 Å². The average Bonchev–Trinajstić information content (AvgIpc) is 2.45. The van der Waals surface area contributed by atoms with Gasteiger partial charge in [-0.05, 0) is 40.5 Å². The summed E-state index contributed by atoms with van der Waals surface area (Å²) in [5, 5.41) is 9.57. The Kier molecular flexibility index (Phi) is 2.26. The molecule has 0 aliphatic rings. The monoisotopic (exact) mass is 271 g/mol. The van der Waals surface area contributed by atoms with E-state index >= 15 is 0 Å². The maximum atomic E-state index is 13.3. The van der Waals surface area contributed by atoms with Crippen LogP contribution < -0.4 is 0 Å². The molecule has 78 valence electrons. The highest BCUT2D eigenvalue weighted by Gasteiger charge is 2.13. The summed E-state index contributed by atoms with van der Waals surface area (Å²) in [5.74, 6) is -0.407. The lowest BCUT2D eigenvalue weighted by Gasteiger charge is -2.00. The van der Waals surface area contributed by atoms with Crippen LogP contribution in [0.3, 0.4) is 0 Å². The standard InChI is InChI=1S/C10H7BrFNO2/c1-5-2-6-7(11)4-13(10(14)15)9(6)3-8(5)12/h2-4H,1H3,(H,14,15). The highest BCUT2D eigenvalue weighted by Crippen LogP contribution is 2.28. The van der Waals surface area contributed by atoms with Crippen molar-refractivity contribution in [2.75, 3.05) is 0 Å². The van der Waals surface area contributed by atoms with Gasteiger partial charge in [0.05, 0.1) is 5.52 Å². The summed E-state index contributed by atoms with van der Waals surface area (Å²) < 4.78 is 14.9. The van der Waals surface area contributed by atoms with Gasteiger partial charge in [-0.2, -0.15) is 0 Å². The SMILES string of the molecule is Cc1cc2c(Br)cn(C(=O)O)c2cc1F. The van der Waals surface area contributed by atoms with E-state index in [0.29, 0.717) is 20.9 Å². The van der Waals surface area contributed by atoms with Crippen molar-refractivity contribution in [1.82, 2.24) is 4.57 Å². The number of hydrogen-bond donors (Lipinski definition) is 1. The molecule has 3 nitrogen and oxygen atoms in total. The number of rotatable bonds is 0. The Morgan fingerprint density at radius 3 is 2.80 bits per heavy atom. The summed E-state index contributed by atoms with van der Waals surface area (Å²) >= 11 is 3.24. The Balaban J connectivity index is 2.88. The fourth-order valence-electron chi connectivity index (χ4n) is 1.47. The molecule has 0 radical (unpaired) electrons. The van der Waals surface area contributed by atoms with E-state index in [1.807, 2.05) is 0 Å². The van der Waals surface area contributed by atoms with Gasteiger partial charge in [-0.3, -0.25) is 4.57 Å². The Labute approximate surface area is 93.3 Å². The average molecular weight is 272 g/mol. The quantitative estimate of drug-likeness (QED) is 0.798. The molecule has 2 aromatic rings. The maximum Gasteiger partial charge on any atom is 0.416 e. The van der Waals surface area contributed by atoms with E-state index in [9.17, 15) is 9.18 Å². The van der Waals surface area contributed by atoms with Crippen molar-refractivity contribution < 1.29 is 14.3 Å². The van der Waals surface area contributed by atoms with Gasteiger partial charge in [-0.1, -0.05) is 0 Å². The molecule has 1 N–H and O–H groups in total. The first kappa shape index (κ1) is 10.2. The van der Waals surface area contributed by atoms with Crippen LogP contribution in [-0.2, 0) is 0 Å². The minimum Gasteiger partial charge on any atom is -0.464 e. The molecule has 0 unspecified atom stereocenters. The smallest absolute Gasteiger partial charge is 0.416 e. The summed E-state index contributed by atoms with van der Waals surface area (Å²) in [6.45, 7) is 1.64. The first-order valence-electron chi connectivity index (χ1n) is 4.20. The molecule has 1 heterocycles. The van der Waals surface area contributed by atoms with Gasteiger partial charge < -0.3 is 5.11 Å².